The third-order valence-electron chi connectivity index (χ3n) is 3.65. The maximum Gasteiger partial charge on any atom is 0.192 e. The third kappa shape index (κ3) is 3.69. The van der Waals surface area contributed by atoms with Crippen LogP contribution >= 0.6 is 11.8 Å². The summed E-state index contributed by atoms with van der Waals surface area (Å²) in [6.45, 7) is 10.7. The Hall–Kier alpha value is -1.95. The number of rotatable bonds is 5. The van der Waals surface area contributed by atoms with Crippen molar-refractivity contribution in [2.45, 2.75) is 51.8 Å². The molecule has 1 atom stereocenters. The summed E-state index contributed by atoms with van der Waals surface area (Å²) in [5.74, 6) is 0.632. The third-order valence-corrected chi connectivity index (χ3v) is 4.66. The highest BCUT2D eigenvalue weighted by molar-refractivity contribution is 8.00. The van der Waals surface area contributed by atoms with Gasteiger partial charge in [0.25, 0.3) is 0 Å². The number of hydrogen-bond acceptors (Lipinski definition) is 5. The van der Waals surface area contributed by atoms with E-state index in [-0.39, 0.29) is 16.8 Å². The SMILES string of the molecule is CC(=O)c1c(C)[nH]c(C(=O)[C@H](C)Sc2cc(C)nc(C)n2)c1C. The first-order valence-electron chi connectivity index (χ1n) is 7.44. The van der Waals surface area contributed by atoms with Crippen molar-refractivity contribution in [3.63, 3.8) is 0 Å². The fraction of sp³-hybridized carbons (Fsp3) is 0.412. The lowest BCUT2D eigenvalue weighted by atomic mass is 10.0. The molecule has 5 nitrogen and oxygen atoms in total. The van der Waals surface area contributed by atoms with Crippen LogP contribution in [0.15, 0.2) is 11.1 Å². The highest BCUT2D eigenvalue weighted by Crippen LogP contribution is 2.27. The van der Waals surface area contributed by atoms with Crippen molar-refractivity contribution in [3.8, 4) is 0 Å². The van der Waals surface area contributed by atoms with E-state index >= 15 is 0 Å². The molecule has 0 aliphatic rings. The van der Waals surface area contributed by atoms with Crippen LogP contribution in [0.5, 0.6) is 0 Å². The Morgan fingerprint density at radius 2 is 1.83 bits per heavy atom. The maximum absolute atomic E-state index is 12.7. The number of hydrogen-bond donors (Lipinski definition) is 1. The zero-order valence-corrected chi connectivity index (χ0v) is 15.1. The lowest BCUT2D eigenvalue weighted by molar-refractivity contribution is 0.0988. The quantitative estimate of drug-likeness (QED) is 0.514. The minimum Gasteiger partial charge on any atom is -0.355 e. The molecule has 0 bridgehead atoms. The topological polar surface area (TPSA) is 75.7 Å². The molecule has 1 N–H and O–H groups in total. The van der Waals surface area contributed by atoms with Gasteiger partial charge in [-0.15, -0.1) is 0 Å². The van der Waals surface area contributed by atoms with E-state index in [0.717, 1.165) is 22.0 Å². The number of aromatic nitrogens is 3. The summed E-state index contributed by atoms with van der Waals surface area (Å²) in [5.41, 5.74) is 3.46. The van der Waals surface area contributed by atoms with Crippen molar-refractivity contribution in [2.75, 3.05) is 0 Å². The van der Waals surface area contributed by atoms with Gasteiger partial charge in [0.15, 0.2) is 11.6 Å². The first-order chi connectivity index (χ1) is 10.7. The summed E-state index contributed by atoms with van der Waals surface area (Å²) in [5, 5.41) is 0.476. The Balaban J connectivity index is 2.26. The monoisotopic (exact) mass is 331 g/mol. The summed E-state index contributed by atoms with van der Waals surface area (Å²) in [4.78, 5) is 36.1. The molecule has 2 heterocycles. The lowest BCUT2D eigenvalue weighted by Gasteiger charge is -2.10. The Labute approximate surface area is 140 Å². The summed E-state index contributed by atoms with van der Waals surface area (Å²) in [7, 11) is 0. The molecule has 0 fully saturated rings. The molecule has 0 spiro atoms. The Morgan fingerprint density at radius 1 is 1.17 bits per heavy atom. The van der Waals surface area contributed by atoms with Crippen LogP contribution in [0.2, 0.25) is 0 Å². The average molecular weight is 331 g/mol. The number of nitrogens with one attached hydrogen (secondary N) is 1. The number of aromatic amines is 1. The van der Waals surface area contributed by atoms with Crippen LogP contribution in [0.25, 0.3) is 0 Å². The zero-order valence-electron chi connectivity index (χ0n) is 14.3. The number of nitrogens with zero attached hydrogens (tertiary/aromatic N) is 2. The largest absolute Gasteiger partial charge is 0.355 e. The van der Waals surface area contributed by atoms with Gasteiger partial charge in [-0.2, -0.15) is 0 Å². The van der Waals surface area contributed by atoms with E-state index in [0.29, 0.717) is 17.1 Å². The molecule has 2 aromatic rings. The van der Waals surface area contributed by atoms with Crippen molar-refractivity contribution in [2.24, 2.45) is 0 Å². The molecule has 122 valence electrons. The van der Waals surface area contributed by atoms with Gasteiger partial charge in [0, 0.05) is 17.0 Å². The van der Waals surface area contributed by atoms with Gasteiger partial charge in [-0.1, -0.05) is 11.8 Å². The molecule has 0 aliphatic carbocycles. The molecule has 2 rings (SSSR count). The second kappa shape index (κ2) is 6.66. The standard InChI is InChI=1S/C17H21N3O2S/c1-8-7-14(20-13(6)18-8)23-12(5)17(22)16-9(2)15(11(4)21)10(3)19-16/h7,12,19H,1-6H3/t12-/m0/s1. The van der Waals surface area contributed by atoms with Crippen LogP contribution in [0, 0.1) is 27.7 Å². The fourth-order valence-electron chi connectivity index (χ4n) is 2.71. The van der Waals surface area contributed by atoms with Gasteiger partial charge in [0.1, 0.15) is 10.9 Å². The molecule has 0 aromatic carbocycles. The predicted octanol–water partition coefficient (Wildman–Crippen LogP) is 3.60. The second-order valence-corrected chi connectivity index (χ2v) is 7.06. The van der Waals surface area contributed by atoms with Gasteiger partial charge < -0.3 is 4.98 Å². The van der Waals surface area contributed by atoms with E-state index < -0.39 is 0 Å². The zero-order chi connectivity index (χ0) is 17.3. The predicted molar refractivity (Wildman–Crippen MR) is 91.4 cm³/mol. The van der Waals surface area contributed by atoms with Crippen LogP contribution in [0.4, 0.5) is 0 Å². The van der Waals surface area contributed by atoms with Gasteiger partial charge in [-0.3, -0.25) is 9.59 Å². The minimum absolute atomic E-state index is 0.0299. The number of Topliss-reactive ketones (excluding diaryl/α,β-unsaturated/α-hetero) is 2. The molecule has 23 heavy (non-hydrogen) atoms. The Bertz CT molecular complexity index is 760. The normalized spacial score (nSPS) is 12.3. The van der Waals surface area contributed by atoms with E-state index in [1.165, 1.54) is 18.7 Å². The van der Waals surface area contributed by atoms with Gasteiger partial charge in [0.2, 0.25) is 0 Å². The molecule has 0 unspecified atom stereocenters. The Morgan fingerprint density at radius 3 is 2.35 bits per heavy atom. The van der Waals surface area contributed by atoms with Crippen molar-refractivity contribution in [1.29, 1.82) is 0 Å². The second-order valence-electron chi connectivity index (χ2n) is 5.70. The number of aryl methyl sites for hydroxylation is 3. The molecule has 0 amide bonds. The van der Waals surface area contributed by atoms with Gasteiger partial charge in [-0.05, 0) is 53.2 Å². The fourth-order valence-corrected chi connectivity index (χ4v) is 3.72. The van der Waals surface area contributed by atoms with Crippen LogP contribution in [-0.2, 0) is 0 Å². The van der Waals surface area contributed by atoms with Gasteiger partial charge >= 0.3 is 0 Å². The number of thioether (sulfide) groups is 1. The highest BCUT2D eigenvalue weighted by Gasteiger charge is 2.24. The van der Waals surface area contributed by atoms with Gasteiger partial charge in [0.05, 0.1) is 10.9 Å². The minimum atomic E-state index is -0.305. The first-order valence-corrected chi connectivity index (χ1v) is 8.32. The maximum atomic E-state index is 12.7. The van der Waals surface area contributed by atoms with Crippen molar-refractivity contribution in [3.05, 3.63) is 40.1 Å². The van der Waals surface area contributed by atoms with Crippen LogP contribution in [-0.4, -0.2) is 31.8 Å². The lowest BCUT2D eigenvalue weighted by Crippen LogP contribution is -2.15. The number of carbonyl (C=O) groups is 2. The van der Waals surface area contributed by atoms with Gasteiger partial charge in [-0.25, -0.2) is 9.97 Å². The van der Waals surface area contributed by atoms with Crippen molar-refractivity contribution < 1.29 is 9.59 Å². The number of H-pyrrole nitrogens is 1. The molecule has 0 radical (unpaired) electrons. The molecule has 0 saturated heterocycles. The van der Waals surface area contributed by atoms with E-state index in [1.807, 2.05) is 40.7 Å². The number of ketones is 2. The smallest absolute Gasteiger partial charge is 0.192 e. The molecule has 0 saturated carbocycles. The molecule has 2 aromatic heterocycles. The summed E-state index contributed by atoms with van der Waals surface area (Å²) in [6, 6.07) is 1.87. The van der Waals surface area contributed by atoms with E-state index in [4.69, 9.17) is 0 Å². The van der Waals surface area contributed by atoms with Crippen molar-refractivity contribution in [1.82, 2.24) is 15.0 Å². The van der Waals surface area contributed by atoms with Crippen LogP contribution < -0.4 is 0 Å². The molecule has 6 heteroatoms. The highest BCUT2D eigenvalue weighted by atomic mass is 32.2. The molecular formula is C17H21N3O2S. The first kappa shape index (κ1) is 17.4. The van der Waals surface area contributed by atoms with Crippen molar-refractivity contribution >= 4 is 23.3 Å². The average Bonchev–Trinajstić information content (AvgIpc) is 2.71. The van der Waals surface area contributed by atoms with Crippen LogP contribution in [0.3, 0.4) is 0 Å². The number of carbonyl (C=O) groups excluding carboxylic acids is 2. The molecular weight excluding hydrogens is 310 g/mol. The Kier molecular flexibility index (Phi) is 5.04. The summed E-state index contributed by atoms with van der Waals surface area (Å²) < 4.78 is 0. The molecule has 0 aliphatic heterocycles. The van der Waals surface area contributed by atoms with E-state index in [1.54, 1.807) is 0 Å². The van der Waals surface area contributed by atoms with E-state index in [9.17, 15) is 9.59 Å². The van der Waals surface area contributed by atoms with E-state index in [2.05, 4.69) is 15.0 Å². The summed E-state index contributed by atoms with van der Waals surface area (Å²) in [6.07, 6.45) is 0. The van der Waals surface area contributed by atoms with Crippen LogP contribution in [0.1, 0.15) is 57.5 Å². The summed E-state index contributed by atoms with van der Waals surface area (Å²) >= 11 is 1.40.